The molecule has 1 fully saturated rings. The third-order valence-electron chi connectivity index (χ3n) is 2.58. The highest BCUT2D eigenvalue weighted by Crippen LogP contribution is 2.19. The summed E-state index contributed by atoms with van der Waals surface area (Å²) in [5.41, 5.74) is 5.73. The quantitative estimate of drug-likeness (QED) is 0.724. The van der Waals surface area contributed by atoms with E-state index in [9.17, 15) is 8.42 Å². The second-order valence-corrected chi connectivity index (χ2v) is 5.29. The van der Waals surface area contributed by atoms with Crippen molar-refractivity contribution in [1.29, 1.82) is 0 Å². The van der Waals surface area contributed by atoms with E-state index in [2.05, 4.69) is 0 Å². The molecule has 0 spiro atoms. The summed E-state index contributed by atoms with van der Waals surface area (Å²) in [6.45, 7) is 5.23. The third kappa shape index (κ3) is 2.08. The highest BCUT2D eigenvalue weighted by molar-refractivity contribution is 7.86. The molecule has 1 aliphatic rings. The van der Waals surface area contributed by atoms with Gasteiger partial charge in [0.25, 0.3) is 10.2 Å². The van der Waals surface area contributed by atoms with Crippen LogP contribution in [0.25, 0.3) is 0 Å². The van der Waals surface area contributed by atoms with Gasteiger partial charge in [0.1, 0.15) is 0 Å². The molecule has 1 atom stereocenters. The van der Waals surface area contributed by atoms with Gasteiger partial charge in [0, 0.05) is 19.6 Å². The normalized spacial score (nSPS) is 24.7. The first-order valence-corrected chi connectivity index (χ1v) is 6.46. The number of rotatable bonds is 4. The molecule has 5 nitrogen and oxygen atoms in total. The van der Waals surface area contributed by atoms with Crippen molar-refractivity contribution < 1.29 is 8.42 Å². The first kappa shape index (κ1) is 11.9. The molecule has 1 heterocycles. The van der Waals surface area contributed by atoms with E-state index in [1.54, 1.807) is 0 Å². The maximum Gasteiger partial charge on any atom is 0.283 e. The summed E-state index contributed by atoms with van der Waals surface area (Å²) >= 11 is 0. The Hall–Kier alpha value is -0.170. The van der Waals surface area contributed by atoms with Crippen molar-refractivity contribution in [3.8, 4) is 0 Å². The van der Waals surface area contributed by atoms with Crippen molar-refractivity contribution in [3.05, 3.63) is 0 Å². The second-order valence-electron chi connectivity index (χ2n) is 3.41. The van der Waals surface area contributed by atoms with Crippen molar-refractivity contribution in [2.75, 3.05) is 19.6 Å². The second kappa shape index (κ2) is 4.57. The van der Waals surface area contributed by atoms with Crippen LogP contribution in [0.2, 0.25) is 0 Å². The molecule has 0 aliphatic carbocycles. The molecular formula is C8H19N3O2S. The number of nitrogens with two attached hydrogens (primary N) is 1. The fourth-order valence-corrected chi connectivity index (χ4v) is 3.51. The van der Waals surface area contributed by atoms with Gasteiger partial charge in [-0.2, -0.15) is 17.0 Å². The van der Waals surface area contributed by atoms with Crippen LogP contribution in [0.15, 0.2) is 0 Å². The molecule has 84 valence electrons. The zero-order valence-corrected chi connectivity index (χ0v) is 9.63. The lowest BCUT2D eigenvalue weighted by molar-refractivity contribution is 0.338. The van der Waals surface area contributed by atoms with Crippen LogP contribution in [0.1, 0.15) is 26.7 Å². The molecule has 1 aliphatic heterocycles. The fraction of sp³-hybridized carbons (Fsp3) is 1.00. The molecule has 0 aromatic heterocycles. The van der Waals surface area contributed by atoms with Crippen LogP contribution in [0.4, 0.5) is 0 Å². The monoisotopic (exact) mass is 221 g/mol. The Morgan fingerprint density at radius 3 is 2.36 bits per heavy atom. The maximum atomic E-state index is 12.0. The summed E-state index contributed by atoms with van der Waals surface area (Å²) in [5, 5.41) is 0. The molecule has 0 bridgehead atoms. The zero-order valence-electron chi connectivity index (χ0n) is 8.81. The summed E-state index contributed by atoms with van der Waals surface area (Å²) in [6, 6.07) is 0. The largest absolute Gasteiger partial charge is 0.315 e. The van der Waals surface area contributed by atoms with Gasteiger partial charge in [0.15, 0.2) is 0 Å². The van der Waals surface area contributed by atoms with Gasteiger partial charge in [-0.3, -0.25) is 0 Å². The summed E-state index contributed by atoms with van der Waals surface area (Å²) in [7, 11) is -3.31. The number of hydrogen-bond donors (Lipinski definition) is 1. The molecule has 1 saturated heterocycles. The van der Waals surface area contributed by atoms with Crippen LogP contribution in [-0.2, 0) is 10.2 Å². The van der Waals surface area contributed by atoms with Gasteiger partial charge in [0.2, 0.25) is 0 Å². The smallest absolute Gasteiger partial charge is 0.283 e. The first-order valence-electron chi connectivity index (χ1n) is 5.06. The Morgan fingerprint density at radius 2 is 2.00 bits per heavy atom. The number of nitrogens with zero attached hydrogens (tertiary/aromatic N) is 2. The fourth-order valence-electron chi connectivity index (χ4n) is 1.75. The van der Waals surface area contributed by atoms with Crippen molar-refractivity contribution in [3.63, 3.8) is 0 Å². The van der Waals surface area contributed by atoms with E-state index in [0.717, 1.165) is 12.8 Å². The third-order valence-corrected chi connectivity index (χ3v) is 4.79. The lowest BCUT2D eigenvalue weighted by atomic mass is 10.3. The summed E-state index contributed by atoms with van der Waals surface area (Å²) in [4.78, 5) is 0. The van der Waals surface area contributed by atoms with Gasteiger partial charge in [-0.1, -0.05) is 13.8 Å². The van der Waals surface area contributed by atoms with Crippen molar-refractivity contribution >= 4 is 10.2 Å². The zero-order chi connectivity index (χ0) is 10.8. The molecule has 0 amide bonds. The van der Waals surface area contributed by atoms with Gasteiger partial charge in [0.05, 0.1) is 6.17 Å². The van der Waals surface area contributed by atoms with Crippen LogP contribution in [0.3, 0.4) is 0 Å². The van der Waals surface area contributed by atoms with Gasteiger partial charge in [-0.25, -0.2) is 0 Å². The highest BCUT2D eigenvalue weighted by Gasteiger charge is 2.34. The number of hydrogen-bond acceptors (Lipinski definition) is 3. The van der Waals surface area contributed by atoms with Gasteiger partial charge < -0.3 is 5.73 Å². The average Bonchev–Trinajstić information content (AvgIpc) is 2.53. The molecule has 0 radical (unpaired) electrons. The van der Waals surface area contributed by atoms with Crippen LogP contribution in [0.5, 0.6) is 0 Å². The minimum absolute atomic E-state index is 0.333. The van der Waals surface area contributed by atoms with Crippen LogP contribution in [-0.4, -0.2) is 42.8 Å². The first-order chi connectivity index (χ1) is 6.54. The molecular weight excluding hydrogens is 202 g/mol. The van der Waals surface area contributed by atoms with E-state index in [1.807, 2.05) is 13.8 Å². The van der Waals surface area contributed by atoms with E-state index in [-0.39, 0.29) is 6.17 Å². The molecule has 0 aromatic carbocycles. The molecule has 1 rings (SSSR count). The van der Waals surface area contributed by atoms with Gasteiger partial charge >= 0.3 is 0 Å². The predicted octanol–water partition coefficient (Wildman–Crippen LogP) is -0.0464. The highest BCUT2D eigenvalue weighted by atomic mass is 32.2. The molecule has 14 heavy (non-hydrogen) atoms. The van der Waals surface area contributed by atoms with Crippen LogP contribution >= 0.6 is 0 Å². The molecule has 0 saturated carbocycles. The standard InChI is InChI=1S/C8H19N3O2S/c1-3-10(4-2)14(12,13)11-7-5-6-8(11)9/h8H,3-7,9H2,1-2H3. The Kier molecular flexibility index (Phi) is 3.88. The van der Waals surface area contributed by atoms with Crippen molar-refractivity contribution in [2.24, 2.45) is 5.73 Å². The lowest BCUT2D eigenvalue weighted by Gasteiger charge is -2.27. The minimum atomic E-state index is -3.31. The van der Waals surface area contributed by atoms with Crippen LogP contribution < -0.4 is 5.73 Å². The minimum Gasteiger partial charge on any atom is -0.315 e. The molecule has 6 heteroatoms. The molecule has 0 aromatic rings. The van der Waals surface area contributed by atoms with Gasteiger partial charge in [-0.15, -0.1) is 0 Å². The molecule has 1 unspecified atom stereocenters. The Bertz CT molecular complexity index is 274. The summed E-state index contributed by atoms with van der Waals surface area (Å²) in [6.07, 6.45) is 1.29. The predicted molar refractivity (Wildman–Crippen MR) is 55.8 cm³/mol. The maximum absolute atomic E-state index is 12.0. The average molecular weight is 221 g/mol. The topological polar surface area (TPSA) is 66.6 Å². The van der Waals surface area contributed by atoms with Crippen LogP contribution in [0, 0.1) is 0 Å². The van der Waals surface area contributed by atoms with Crippen molar-refractivity contribution in [1.82, 2.24) is 8.61 Å². The summed E-state index contributed by atoms with van der Waals surface area (Å²) in [5.74, 6) is 0. The Labute approximate surface area is 86.0 Å². The van der Waals surface area contributed by atoms with E-state index in [4.69, 9.17) is 5.73 Å². The van der Waals surface area contributed by atoms with E-state index in [0.29, 0.717) is 19.6 Å². The van der Waals surface area contributed by atoms with E-state index in [1.165, 1.54) is 8.61 Å². The Balaban J connectivity index is 2.83. The van der Waals surface area contributed by atoms with Crippen molar-refractivity contribution in [2.45, 2.75) is 32.9 Å². The SMILES string of the molecule is CCN(CC)S(=O)(=O)N1CCCC1N. The summed E-state index contributed by atoms with van der Waals surface area (Å²) < 4.78 is 26.8. The van der Waals surface area contributed by atoms with E-state index < -0.39 is 10.2 Å². The van der Waals surface area contributed by atoms with E-state index >= 15 is 0 Å². The van der Waals surface area contributed by atoms with Gasteiger partial charge in [-0.05, 0) is 12.8 Å². The lowest BCUT2D eigenvalue weighted by Crippen LogP contribution is -2.48. The Morgan fingerprint density at radius 1 is 1.43 bits per heavy atom. The molecule has 2 N–H and O–H groups in total.